The van der Waals surface area contributed by atoms with Crippen molar-refractivity contribution in [2.45, 2.75) is 6.61 Å². The maximum Gasteiger partial charge on any atom is 0.121 e. The Kier molecular flexibility index (Phi) is 3.07. The quantitative estimate of drug-likeness (QED) is 0.712. The van der Waals surface area contributed by atoms with Gasteiger partial charge >= 0.3 is 0 Å². The van der Waals surface area contributed by atoms with Crippen molar-refractivity contribution in [2.75, 3.05) is 5.73 Å². The van der Waals surface area contributed by atoms with Crippen LogP contribution in [0.2, 0.25) is 0 Å². The Morgan fingerprint density at radius 1 is 0.789 bits per heavy atom. The fraction of sp³-hybridized carbons (Fsp3) is 0.0588. The average Bonchev–Trinajstić information content (AvgIpc) is 2.45. The maximum absolute atomic E-state index is 5.74. The molecule has 3 rings (SSSR count). The number of benzene rings is 3. The maximum atomic E-state index is 5.74. The van der Waals surface area contributed by atoms with Crippen molar-refractivity contribution >= 4 is 16.5 Å². The number of ether oxygens (including phenoxy) is 1. The van der Waals surface area contributed by atoms with Crippen LogP contribution in [-0.4, -0.2) is 0 Å². The van der Waals surface area contributed by atoms with Crippen LogP contribution < -0.4 is 10.5 Å². The first-order valence-corrected chi connectivity index (χ1v) is 6.27. The van der Waals surface area contributed by atoms with E-state index in [4.69, 9.17) is 10.5 Å². The zero-order valence-corrected chi connectivity index (χ0v) is 10.5. The van der Waals surface area contributed by atoms with Gasteiger partial charge in [0.15, 0.2) is 0 Å². The minimum atomic E-state index is 0.550. The second kappa shape index (κ2) is 5.02. The highest BCUT2D eigenvalue weighted by Gasteiger charge is 1.98. The molecule has 0 atom stereocenters. The third-order valence-corrected chi connectivity index (χ3v) is 3.08. The molecule has 0 spiro atoms. The third kappa shape index (κ3) is 2.68. The van der Waals surface area contributed by atoms with Gasteiger partial charge in [0.05, 0.1) is 0 Å². The Balaban J connectivity index is 1.78. The lowest BCUT2D eigenvalue weighted by atomic mass is 10.1. The number of anilines is 1. The van der Waals surface area contributed by atoms with Crippen molar-refractivity contribution in [1.29, 1.82) is 0 Å². The Bertz CT molecular complexity index is 706. The normalized spacial score (nSPS) is 10.5. The Labute approximate surface area is 112 Å². The molecular formula is C17H15NO. The first-order valence-electron chi connectivity index (χ1n) is 6.27. The van der Waals surface area contributed by atoms with Gasteiger partial charge in [0, 0.05) is 11.8 Å². The van der Waals surface area contributed by atoms with Gasteiger partial charge in [-0.25, -0.2) is 0 Å². The van der Waals surface area contributed by atoms with E-state index in [1.54, 1.807) is 0 Å². The summed E-state index contributed by atoms with van der Waals surface area (Å²) in [6.07, 6.45) is 0. The van der Waals surface area contributed by atoms with Gasteiger partial charge in [0.1, 0.15) is 12.4 Å². The number of hydrogen-bond donors (Lipinski definition) is 1. The highest BCUT2D eigenvalue weighted by molar-refractivity contribution is 5.82. The van der Waals surface area contributed by atoms with E-state index < -0.39 is 0 Å². The summed E-state index contributed by atoms with van der Waals surface area (Å²) in [5.74, 6) is 0.799. The second-order valence-electron chi connectivity index (χ2n) is 4.54. The number of nitrogens with two attached hydrogens (primary N) is 1. The molecule has 0 aliphatic rings. The van der Waals surface area contributed by atoms with E-state index in [0.29, 0.717) is 6.61 Å². The Hall–Kier alpha value is -2.48. The molecular weight excluding hydrogens is 234 g/mol. The molecule has 2 heteroatoms. The van der Waals surface area contributed by atoms with Crippen molar-refractivity contribution in [3.05, 3.63) is 72.3 Å². The Morgan fingerprint density at radius 3 is 2.47 bits per heavy atom. The van der Waals surface area contributed by atoms with Crippen molar-refractivity contribution < 1.29 is 4.74 Å². The summed E-state index contributed by atoms with van der Waals surface area (Å²) in [5, 5.41) is 2.48. The summed E-state index contributed by atoms with van der Waals surface area (Å²) in [7, 11) is 0. The van der Waals surface area contributed by atoms with Crippen molar-refractivity contribution in [1.82, 2.24) is 0 Å². The van der Waals surface area contributed by atoms with Gasteiger partial charge in [-0.3, -0.25) is 0 Å². The number of nitrogen functional groups attached to an aromatic ring is 1. The molecule has 0 aliphatic carbocycles. The fourth-order valence-electron chi connectivity index (χ4n) is 2.10. The van der Waals surface area contributed by atoms with E-state index in [2.05, 4.69) is 30.3 Å². The number of rotatable bonds is 3. The van der Waals surface area contributed by atoms with Crippen LogP contribution in [0.1, 0.15) is 5.56 Å². The van der Waals surface area contributed by atoms with Crippen LogP contribution in [0.3, 0.4) is 0 Å². The monoisotopic (exact) mass is 249 g/mol. The first-order chi connectivity index (χ1) is 9.31. The van der Waals surface area contributed by atoms with Crippen LogP contribution in [0.4, 0.5) is 5.69 Å². The SMILES string of the molecule is Nc1cccc(OCc2ccc3ccccc3c2)c1. The summed E-state index contributed by atoms with van der Waals surface area (Å²) >= 11 is 0. The molecule has 2 N–H and O–H groups in total. The fourth-order valence-corrected chi connectivity index (χ4v) is 2.10. The van der Waals surface area contributed by atoms with Gasteiger partial charge < -0.3 is 10.5 Å². The van der Waals surface area contributed by atoms with Crippen LogP contribution in [0, 0.1) is 0 Å². The van der Waals surface area contributed by atoms with E-state index in [0.717, 1.165) is 17.0 Å². The zero-order valence-electron chi connectivity index (χ0n) is 10.5. The predicted octanol–water partition coefficient (Wildman–Crippen LogP) is 4.00. The van der Waals surface area contributed by atoms with Gasteiger partial charge in [-0.15, -0.1) is 0 Å². The molecule has 0 radical (unpaired) electrons. The second-order valence-corrected chi connectivity index (χ2v) is 4.54. The minimum Gasteiger partial charge on any atom is -0.489 e. The van der Waals surface area contributed by atoms with Crippen LogP contribution >= 0.6 is 0 Å². The highest BCUT2D eigenvalue weighted by Crippen LogP contribution is 2.19. The molecule has 2 nitrogen and oxygen atoms in total. The standard InChI is InChI=1S/C17H15NO/c18-16-6-3-7-17(11-16)19-12-13-8-9-14-4-1-2-5-15(14)10-13/h1-11H,12,18H2. The zero-order chi connectivity index (χ0) is 13.1. The third-order valence-electron chi connectivity index (χ3n) is 3.08. The molecule has 0 heterocycles. The summed E-state index contributed by atoms with van der Waals surface area (Å²) in [6, 6.07) is 22.2. The lowest BCUT2D eigenvalue weighted by molar-refractivity contribution is 0.306. The van der Waals surface area contributed by atoms with Gasteiger partial charge in [-0.2, -0.15) is 0 Å². The summed E-state index contributed by atoms with van der Waals surface area (Å²) in [6.45, 7) is 0.550. The largest absolute Gasteiger partial charge is 0.489 e. The number of fused-ring (bicyclic) bond motifs is 1. The minimum absolute atomic E-state index is 0.550. The molecule has 3 aromatic rings. The molecule has 0 saturated carbocycles. The molecule has 0 aromatic heterocycles. The van der Waals surface area contributed by atoms with Crippen LogP contribution in [-0.2, 0) is 6.61 Å². The lowest BCUT2D eigenvalue weighted by Crippen LogP contribution is -1.96. The molecule has 94 valence electrons. The van der Waals surface area contributed by atoms with Crippen LogP contribution in [0.15, 0.2) is 66.7 Å². The van der Waals surface area contributed by atoms with Crippen molar-refractivity contribution in [2.24, 2.45) is 0 Å². The molecule has 3 aromatic carbocycles. The van der Waals surface area contributed by atoms with E-state index in [9.17, 15) is 0 Å². The van der Waals surface area contributed by atoms with E-state index in [1.807, 2.05) is 36.4 Å². The molecule has 0 aliphatic heterocycles. The number of hydrogen-bond acceptors (Lipinski definition) is 2. The van der Waals surface area contributed by atoms with E-state index in [1.165, 1.54) is 10.8 Å². The predicted molar refractivity (Wildman–Crippen MR) is 79.1 cm³/mol. The van der Waals surface area contributed by atoms with Crippen LogP contribution in [0.25, 0.3) is 10.8 Å². The van der Waals surface area contributed by atoms with Gasteiger partial charge in [-0.1, -0.05) is 42.5 Å². The Morgan fingerprint density at radius 2 is 1.63 bits per heavy atom. The molecule has 19 heavy (non-hydrogen) atoms. The molecule has 0 fully saturated rings. The summed E-state index contributed by atoms with van der Waals surface area (Å²) < 4.78 is 5.74. The molecule has 0 amide bonds. The summed E-state index contributed by atoms with van der Waals surface area (Å²) in [4.78, 5) is 0. The molecule has 0 bridgehead atoms. The lowest BCUT2D eigenvalue weighted by Gasteiger charge is -2.07. The van der Waals surface area contributed by atoms with Crippen molar-refractivity contribution in [3.63, 3.8) is 0 Å². The van der Waals surface area contributed by atoms with Gasteiger partial charge in [0.25, 0.3) is 0 Å². The molecule has 0 unspecified atom stereocenters. The highest BCUT2D eigenvalue weighted by atomic mass is 16.5. The van der Waals surface area contributed by atoms with Crippen molar-refractivity contribution in [3.8, 4) is 5.75 Å². The smallest absolute Gasteiger partial charge is 0.121 e. The summed E-state index contributed by atoms with van der Waals surface area (Å²) in [5.41, 5.74) is 7.59. The van der Waals surface area contributed by atoms with Gasteiger partial charge in [0.2, 0.25) is 0 Å². The van der Waals surface area contributed by atoms with Crippen LogP contribution in [0.5, 0.6) is 5.75 Å². The van der Waals surface area contributed by atoms with E-state index in [-0.39, 0.29) is 0 Å². The molecule has 0 saturated heterocycles. The van der Waals surface area contributed by atoms with Gasteiger partial charge in [-0.05, 0) is 34.5 Å². The first kappa shape index (κ1) is 11.6. The topological polar surface area (TPSA) is 35.2 Å². The van der Waals surface area contributed by atoms with E-state index >= 15 is 0 Å². The average molecular weight is 249 g/mol.